The molecule has 1 saturated heterocycles. The molecule has 0 aliphatic carbocycles. The maximum absolute atomic E-state index is 7.50. The summed E-state index contributed by atoms with van der Waals surface area (Å²) >= 11 is 0. The highest BCUT2D eigenvalue weighted by molar-refractivity contribution is 5.93. The lowest BCUT2D eigenvalue weighted by atomic mass is 9.77. The highest BCUT2D eigenvalue weighted by Gasteiger charge is 2.27. The van der Waals surface area contributed by atoms with Gasteiger partial charge in [0, 0.05) is 13.1 Å². The van der Waals surface area contributed by atoms with Crippen LogP contribution in [0, 0.1) is 16.7 Å². The van der Waals surface area contributed by atoms with E-state index >= 15 is 0 Å². The molecule has 4 nitrogen and oxygen atoms in total. The van der Waals surface area contributed by atoms with Crippen molar-refractivity contribution in [1.29, 1.82) is 5.41 Å². The number of nitrogens with one attached hydrogen (secondary N) is 1. The number of hydrogen-bond acceptors (Lipinski definition) is 3. The Morgan fingerprint density at radius 3 is 2.70 bits per heavy atom. The first-order chi connectivity index (χ1) is 9.38. The molecule has 0 bridgehead atoms. The van der Waals surface area contributed by atoms with E-state index < -0.39 is 0 Å². The van der Waals surface area contributed by atoms with Crippen LogP contribution in [-0.2, 0) is 0 Å². The Morgan fingerprint density at radius 2 is 2.05 bits per heavy atom. The number of anilines is 1. The summed E-state index contributed by atoms with van der Waals surface area (Å²) < 4.78 is 0. The Morgan fingerprint density at radius 1 is 1.30 bits per heavy atom. The largest absolute Gasteiger partial charge is 0.382 e. The zero-order valence-electron chi connectivity index (χ0n) is 12.8. The zero-order chi connectivity index (χ0) is 14.8. The fourth-order valence-electron chi connectivity index (χ4n) is 2.94. The summed E-state index contributed by atoms with van der Waals surface area (Å²) in [5.74, 6) is 1.75. The van der Waals surface area contributed by atoms with Gasteiger partial charge in [0.15, 0.2) is 0 Å². The summed E-state index contributed by atoms with van der Waals surface area (Å²) in [5, 5.41) is 7.50. The molecule has 3 N–H and O–H groups in total. The predicted octanol–water partition coefficient (Wildman–Crippen LogP) is 3.02. The molecule has 2 rings (SSSR count). The van der Waals surface area contributed by atoms with Gasteiger partial charge in [-0.1, -0.05) is 26.8 Å². The van der Waals surface area contributed by atoms with Gasteiger partial charge in [-0.25, -0.2) is 4.98 Å². The molecule has 4 heteroatoms. The topological polar surface area (TPSA) is 66.0 Å². The summed E-state index contributed by atoms with van der Waals surface area (Å²) in [4.78, 5) is 6.83. The molecule has 0 spiro atoms. The number of nitrogens with two attached hydrogens (primary N) is 1. The van der Waals surface area contributed by atoms with Crippen molar-refractivity contribution >= 4 is 11.7 Å². The lowest BCUT2D eigenvalue weighted by Crippen LogP contribution is -2.27. The second-order valence-electron chi connectivity index (χ2n) is 6.78. The fraction of sp³-hybridized carbons (Fsp3) is 0.625. The molecule has 0 radical (unpaired) electrons. The van der Waals surface area contributed by atoms with Gasteiger partial charge in [-0.3, -0.25) is 5.41 Å². The Kier molecular flexibility index (Phi) is 4.31. The Bertz CT molecular complexity index is 476. The van der Waals surface area contributed by atoms with Gasteiger partial charge in [-0.2, -0.15) is 0 Å². The summed E-state index contributed by atoms with van der Waals surface area (Å²) in [6, 6.07) is 5.75. The minimum Gasteiger partial charge on any atom is -0.382 e. The highest BCUT2D eigenvalue weighted by Crippen LogP contribution is 2.34. The van der Waals surface area contributed by atoms with Crippen LogP contribution in [0.4, 0.5) is 5.82 Å². The monoisotopic (exact) mass is 274 g/mol. The van der Waals surface area contributed by atoms with Gasteiger partial charge in [0.05, 0.1) is 0 Å². The van der Waals surface area contributed by atoms with E-state index in [9.17, 15) is 0 Å². The quantitative estimate of drug-likeness (QED) is 0.643. The van der Waals surface area contributed by atoms with Crippen LogP contribution in [0.2, 0.25) is 0 Å². The molecule has 1 aromatic rings. The highest BCUT2D eigenvalue weighted by atomic mass is 15.2. The number of nitrogen functional groups attached to an aromatic ring is 1. The summed E-state index contributed by atoms with van der Waals surface area (Å²) in [6.07, 6.45) is 3.69. The lowest BCUT2D eigenvalue weighted by molar-refractivity contribution is 0.220. The number of aromatic nitrogens is 1. The van der Waals surface area contributed by atoms with Crippen molar-refractivity contribution in [1.82, 2.24) is 4.98 Å². The maximum Gasteiger partial charge on any atom is 0.141 e. The average Bonchev–Trinajstić information content (AvgIpc) is 2.64. The Labute approximate surface area is 121 Å². The van der Waals surface area contributed by atoms with Crippen molar-refractivity contribution < 1.29 is 0 Å². The Hall–Kier alpha value is -1.58. The molecule has 0 saturated carbocycles. The standard InChI is InChI=1S/C16H26N4/c1-16(2,3)12-6-5-10-20(11-9-12)14-8-4-7-13(19-14)15(17)18/h4,7-8,12H,5-6,9-11H2,1-3H3,(H3,17,18). The number of pyridine rings is 1. The van der Waals surface area contributed by atoms with Crippen molar-refractivity contribution in [3.8, 4) is 0 Å². The molecule has 1 aromatic heterocycles. The van der Waals surface area contributed by atoms with Gasteiger partial charge in [0.25, 0.3) is 0 Å². The number of rotatable bonds is 2. The van der Waals surface area contributed by atoms with E-state index in [2.05, 4.69) is 30.7 Å². The van der Waals surface area contributed by atoms with E-state index in [4.69, 9.17) is 11.1 Å². The predicted molar refractivity (Wildman–Crippen MR) is 84.3 cm³/mol. The SMILES string of the molecule is CC(C)(C)C1CCCN(c2cccc(C(=N)N)n2)CC1. The minimum atomic E-state index is 0.0363. The second kappa shape index (κ2) is 5.81. The van der Waals surface area contributed by atoms with Crippen molar-refractivity contribution in [2.24, 2.45) is 17.1 Å². The molecule has 1 unspecified atom stereocenters. The molecule has 2 heterocycles. The third-order valence-electron chi connectivity index (χ3n) is 4.29. The van der Waals surface area contributed by atoms with Crippen LogP contribution in [0.1, 0.15) is 45.7 Å². The van der Waals surface area contributed by atoms with Gasteiger partial charge in [0.2, 0.25) is 0 Å². The number of amidine groups is 1. The van der Waals surface area contributed by atoms with Crippen molar-refractivity contribution in [2.75, 3.05) is 18.0 Å². The van der Waals surface area contributed by atoms with E-state index in [-0.39, 0.29) is 5.84 Å². The van der Waals surface area contributed by atoms with Crippen LogP contribution in [0.25, 0.3) is 0 Å². The maximum atomic E-state index is 7.50. The molecular formula is C16H26N4. The smallest absolute Gasteiger partial charge is 0.141 e. The average molecular weight is 274 g/mol. The van der Waals surface area contributed by atoms with Crippen LogP contribution in [0.3, 0.4) is 0 Å². The van der Waals surface area contributed by atoms with E-state index in [1.165, 1.54) is 19.3 Å². The molecule has 20 heavy (non-hydrogen) atoms. The molecular weight excluding hydrogens is 248 g/mol. The molecule has 1 aliphatic rings. The van der Waals surface area contributed by atoms with Crippen molar-refractivity contribution in [3.63, 3.8) is 0 Å². The Balaban J connectivity index is 2.11. The van der Waals surface area contributed by atoms with Crippen LogP contribution in [0.5, 0.6) is 0 Å². The molecule has 1 fully saturated rings. The van der Waals surface area contributed by atoms with Crippen LogP contribution in [0.15, 0.2) is 18.2 Å². The first kappa shape index (κ1) is 14.8. The summed E-state index contributed by atoms with van der Waals surface area (Å²) in [7, 11) is 0. The lowest BCUT2D eigenvalue weighted by Gasteiger charge is -2.30. The van der Waals surface area contributed by atoms with E-state index in [1.54, 1.807) is 6.07 Å². The van der Waals surface area contributed by atoms with Gasteiger partial charge in [0.1, 0.15) is 17.3 Å². The molecule has 1 atom stereocenters. The van der Waals surface area contributed by atoms with Crippen LogP contribution < -0.4 is 10.6 Å². The first-order valence-corrected chi connectivity index (χ1v) is 7.44. The normalized spacial score (nSPS) is 20.6. The summed E-state index contributed by atoms with van der Waals surface area (Å²) in [6.45, 7) is 9.09. The fourth-order valence-corrected chi connectivity index (χ4v) is 2.94. The number of nitrogens with zero attached hydrogens (tertiary/aromatic N) is 2. The molecule has 0 amide bonds. The molecule has 110 valence electrons. The first-order valence-electron chi connectivity index (χ1n) is 7.44. The van der Waals surface area contributed by atoms with Gasteiger partial charge >= 0.3 is 0 Å². The van der Waals surface area contributed by atoms with E-state index in [1.807, 2.05) is 12.1 Å². The third kappa shape index (κ3) is 3.50. The molecule has 0 aromatic carbocycles. The zero-order valence-corrected chi connectivity index (χ0v) is 12.8. The second-order valence-corrected chi connectivity index (χ2v) is 6.78. The van der Waals surface area contributed by atoms with Crippen molar-refractivity contribution in [2.45, 2.75) is 40.0 Å². The van der Waals surface area contributed by atoms with Crippen molar-refractivity contribution in [3.05, 3.63) is 23.9 Å². The van der Waals surface area contributed by atoms with Gasteiger partial charge in [-0.05, 0) is 42.7 Å². The van der Waals surface area contributed by atoms with Gasteiger partial charge < -0.3 is 10.6 Å². The van der Waals surface area contributed by atoms with Gasteiger partial charge in [-0.15, -0.1) is 0 Å². The third-order valence-corrected chi connectivity index (χ3v) is 4.29. The summed E-state index contributed by atoms with van der Waals surface area (Å²) in [5.41, 5.74) is 6.47. The number of hydrogen-bond donors (Lipinski definition) is 2. The van der Waals surface area contributed by atoms with E-state index in [0.717, 1.165) is 24.8 Å². The van der Waals surface area contributed by atoms with Crippen LogP contribution in [-0.4, -0.2) is 23.9 Å². The minimum absolute atomic E-state index is 0.0363. The van der Waals surface area contributed by atoms with Crippen LogP contribution >= 0.6 is 0 Å². The van der Waals surface area contributed by atoms with E-state index in [0.29, 0.717) is 11.1 Å². The molecule has 1 aliphatic heterocycles.